The Balaban J connectivity index is 1.88. The van der Waals surface area contributed by atoms with E-state index in [-0.39, 0.29) is 41.7 Å². The van der Waals surface area contributed by atoms with Gasteiger partial charge in [0, 0.05) is 19.7 Å². The molecule has 170 valence electrons. The van der Waals surface area contributed by atoms with Crippen LogP contribution < -0.4 is 0 Å². The van der Waals surface area contributed by atoms with Crippen molar-refractivity contribution in [3.05, 3.63) is 11.6 Å². The van der Waals surface area contributed by atoms with Crippen molar-refractivity contribution >= 4 is 11.9 Å². The Bertz CT molecular complexity index is 706. The largest absolute Gasteiger partial charge is 0.469 e. The number of allylic oxidation sites excluding steroid dienone is 1. The minimum Gasteiger partial charge on any atom is -0.469 e. The Hall–Kier alpha value is -1.40. The van der Waals surface area contributed by atoms with E-state index in [1.807, 2.05) is 6.92 Å². The number of carbonyl (C=O) groups is 2. The Morgan fingerprint density at radius 3 is 2.63 bits per heavy atom. The second kappa shape index (κ2) is 8.62. The molecule has 6 nitrogen and oxygen atoms in total. The van der Waals surface area contributed by atoms with Gasteiger partial charge in [0.2, 0.25) is 5.91 Å². The lowest BCUT2D eigenvalue weighted by Crippen LogP contribution is -2.60. The molecule has 6 heteroatoms. The molecule has 3 aliphatic rings. The number of likely N-dealkylation sites (N-methyl/N-ethyl adjacent to an activating group) is 1. The molecule has 2 N–H and O–H groups in total. The lowest BCUT2D eigenvalue weighted by atomic mass is 9.42. The highest BCUT2D eigenvalue weighted by Crippen LogP contribution is 2.65. The molecule has 1 amide bonds. The van der Waals surface area contributed by atoms with Gasteiger partial charge in [-0.2, -0.15) is 0 Å². The molecule has 0 aromatic heterocycles. The third-order valence-corrected chi connectivity index (χ3v) is 8.89. The normalized spacial score (nSPS) is 42.2. The zero-order chi connectivity index (χ0) is 22.3. The summed E-state index contributed by atoms with van der Waals surface area (Å²) in [6.07, 6.45) is 6.50. The molecule has 0 saturated heterocycles. The highest BCUT2D eigenvalue weighted by molar-refractivity contribution is 5.88. The van der Waals surface area contributed by atoms with Gasteiger partial charge >= 0.3 is 5.97 Å². The molecular weight excluding hydrogens is 382 g/mol. The van der Waals surface area contributed by atoms with Crippen LogP contribution in [0.5, 0.6) is 0 Å². The van der Waals surface area contributed by atoms with Crippen molar-refractivity contribution in [1.29, 1.82) is 0 Å². The minimum absolute atomic E-state index is 0.0113. The standard InChI is InChI=1S/C24H39NO5/c1-15-16(13-20(28)25(4)11-12-26)7-8-17-21(15)18(27)14-19-23(17,2)9-6-10-24(19,3)22(29)30-5/h13,15,17-19,21,26-27H,6-12,14H2,1-5H3/b16-13+/t15-,17-,18-,19+,21+,23+,24-/m0/s1. The number of methoxy groups -OCH3 is 1. The number of carbonyl (C=O) groups excluding carboxylic acids is 2. The summed E-state index contributed by atoms with van der Waals surface area (Å²) in [7, 11) is 3.16. The van der Waals surface area contributed by atoms with Gasteiger partial charge < -0.3 is 19.8 Å². The zero-order valence-corrected chi connectivity index (χ0v) is 19.2. The number of rotatable bonds is 4. The van der Waals surface area contributed by atoms with Crippen LogP contribution in [0.4, 0.5) is 0 Å². The molecule has 3 fully saturated rings. The van der Waals surface area contributed by atoms with Crippen LogP contribution in [-0.4, -0.2) is 60.4 Å². The van der Waals surface area contributed by atoms with Crippen molar-refractivity contribution in [2.45, 2.75) is 65.4 Å². The van der Waals surface area contributed by atoms with Crippen LogP contribution in [-0.2, 0) is 14.3 Å². The second-order valence-corrected chi connectivity index (χ2v) is 10.3. The Kier molecular flexibility index (Phi) is 6.68. The maximum absolute atomic E-state index is 12.7. The fraction of sp³-hybridized carbons (Fsp3) is 0.833. The summed E-state index contributed by atoms with van der Waals surface area (Å²) in [5.74, 6) is 0.419. The third-order valence-electron chi connectivity index (χ3n) is 8.89. The molecule has 3 aliphatic carbocycles. The molecule has 0 unspecified atom stereocenters. The van der Waals surface area contributed by atoms with Crippen LogP contribution >= 0.6 is 0 Å². The van der Waals surface area contributed by atoms with Crippen molar-refractivity contribution < 1.29 is 24.5 Å². The fourth-order valence-electron chi connectivity index (χ4n) is 7.20. The number of ether oxygens (including phenoxy) is 1. The fourth-order valence-corrected chi connectivity index (χ4v) is 7.20. The van der Waals surface area contributed by atoms with Crippen molar-refractivity contribution in [3.63, 3.8) is 0 Å². The van der Waals surface area contributed by atoms with E-state index < -0.39 is 11.5 Å². The van der Waals surface area contributed by atoms with E-state index in [0.29, 0.717) is 18.9 Å². The van der Waals surface area contributed by atoms with Crippen LogP contribution in [0.2, 0.25) is 0 Å². The average molecular weight is 422 g/mol. The number of esters is 1. The molecule has 0 radical (unpaired) electrons. The van der Waals surface area contributed by atoms with E-state index in [0.717, 1.165) is 37.7 Å². The predicted octanol–water partition coefficient (Wildman–Crippen LogP) is 2.78. The highest BCUT2D eigenvalue weighted by Gasteiger charge is 2.62. The van der Waals surface area contributed by atoms with Gasteiger partial charge in [-0.05, 0) is 68.1 Å². The van der Waals surface area contributed by atoms with E-state index in [9.17, 15) is 14.7 Å². The molecule has 30 heavy (non-hydrogen) atoms. The minimum atomic E-state index is -0.546. The van der Waals surface area contributed by atoms with E-state index >= 15 is 0 Å². The van der Waals surface area contributed by atoms with Crippen LogP contribution in [0.15, 0.2) is 11.6 Å². The molecule has 0 heterocycles. The first kappa shape index (κ1) is 23.3. The summed E-state index contributed by atoms with van der Waals surface area (Å²) in [4.78, 5) is 26.8. The van der Waals surface area contributed by atoms with Crippen molar-refractivity contribution in [2.75, 3.05) is 27.3 Å². The van der Waals surface area contributed by atoms with Gasteiger partial charge in [0.15, 0.2) is 0 Å². The average Bonchev–Trinajstić information content (AvgIpc) is 2.70. The van der Waals surface area contributed by atoms with Crippen LogP contribution in [0.1, 0.15) is 59.3 Å². The molecule has 0 aliphatic heterocycles. The van der Waals surface area contributed by atoms with E-state index in [4.69, 9.17) is 9.84 Å². The summed E-state index contributed by atoms with van der Waals surface area (Å²) < 4.78 is 5.19. The monoisotopic (exact) mass is 421 g/mol. The quantitative estimate of drug-likeness (QED) is 0.538. The predicted molar refractivity (Wildman–Crippen MR) is 114 cm³/mol. The zero-order valence-electron chi connectivity index (χ0n) is 19.2. The molecule has 3 saturated carbocycles. The second-order valence-electron chi connectivity index (χ2n) is 10.3. The lowest BCUT2D eigenvalue weighted by molar-refractivity contribution is -0.189. The molecule has 0 aromatic carbocycles. The molecule has 0 aromatic rings. The number of amides is 1. The number of nitrogens with zero attached hydrogens (tertiary/aromatic N) is 1. The maximum atomic E-state index is 12.7. The highest BCUT2D eigenvalue weighted by atomic mass is 16.5. The van der Waals surface area contributed by atoms with Crippen molar-refractivity contribution in [3.8, 4) is 0 Å². The Morgan fingerprint density at radius 1 is 1.30 bits per heavy atom. The summed E-state index contributed by atoms with van der Waals surface area (Å²) in [6.45, 7) is 6.75. The first-order valence-electron chi connectivity index (χ1n) is 11.4. The third kappa shape index (κ3) is 3.70. The summed E-state index contributed by atoms with van der Waals surface area (Å²) in [5.41, 5.74) is 0.539. The van der Waals surface area contributed by atoms with Crippen LogP contribution in [0, 0.1) is 34.5 Å². The van der Waals surface area contributed by atoms with Crippen LogP contribution in [0.25, 0.3) is 0 Å². The number of hydrogen-bond acceptors (Lipinski definition) is 5. The van der Waals surface area contributed by atoms with Gasteiger partial charge in [-0.25, -0.2) is 0 Å². The molecule has 0 spiro atoms. The topological polar surface area (TPSA) is 87.1 Å². The van der Waals surface area contributed by atoms with E-state index in [2.05, 4.69) is 13.8 Å². The van der Waals surface area contributed by atoms with Crippen molar-refractivity contribution in [2.24, 2.45) is 34.5 Å². The Morgan fingerprint density at radius 2 is 2.00 bits per heavy atom. The molecule has 0 bridgehead atoms. The van der Waals surface area contributed by atoms with Gasteiger partial charge in [-0.3, -0.25) is 9.59 Å². The molecule has 3 rings (SSSR count). The lowest BCUT2D eigenvalue weighted by Gasteiger charge is -2.62. The first-order chi connectivity index (χ1) is 14.1. The molecule has 7 atom stereocenters. The SMILES string of the molecule is COC(=O)[C@@]1(C)CCC[C@@]2(C)[C@H]1C[C@H](O)[C@@H]1[C@@H](C)/C(=C/C(=O)N(C)CCO)CC[C@@H]12. The smallest absolute Gasteiger partial charge is 0.311 e. The van der Waals surface area contributed by atoms with Crippen molar-refractivity contribution in [1.82, 2.24) is 4.90 Å². The number of aliphatic hydroxyl groups is 2. The van der Waals surface area contributed by atoms with Gasteiger partial charge in [0.25, 0.3) is 0 Å². The van der Waals surface area contributed by atoms with Crippen LogP contribution in [0.3, 0.4) is 0 Å². The Labute approximate surface area is 180 Å². The van der Waals surface area contributed by atoms with Gasteiger partial charge in [-0.1, -0.05) is 25.8 Å². The van der Waals surface area contributed by atoms with E-state index in [1.165, 1.54) is 12.0 Å². The first-order valence-corrected chi connectivity index (χ1v) is 11.4. The van der Waals surface area contributed by atoms with Gasteiger partial charge in [-0.15, -0.1) is 0 Å². The number of hydrogen-bond donors (Lipinski definition) is 2. The van der Waals surface area contributed by atoms with Gasteiger partial charge in [0.1, 0.15) is 0 Å². The number of fused-ring (bicyclic) bond motifs is 3. The summed E-state index contributed by atoms with van der Waals surface area (Å²) >= 11 is 0. The van der Waals surface area contributed by atoms with Gasteiger partial charge in [0.05, 0.1) is 25.2 Å². The number of aliphatic hydroxyl groups excluding tert-OH is 2. The summed E-state index contributed by atoms with van der Waals surface area (Å²) in [5, 5.41) is 20.3. The van der Waals surface area contributed by atoms with E-state index in [1.54, 1.807) is 13.1 Å². The summed E-state index contributed by atoms with van der Waals surface area (Å²) in [6, 6.07) is 0. The maximum Gasteiger partial charge on any atom is 0.311 e. The molecular formula is C24H39NO5.